The van der Waals surface area contributed by atoms with Crippen LogP contribution in [0.3, 0.4) is 0 Å². The van der Waals surface area contributed by atoms with Crippen molar-refractivity contribution in [2.45, 2.75) is 19.3 Å². The molecule has 0 unspecified atom stereocenters. The summed E-state index contributed by atoms with van der Waals surface area (Å²) in [6, 6.07) is 8.57. The lowest BCUT2D eigenvalue weighted by atomic mass is 10.2. The molecule has 0 saturated heterocycles. The summed E-state index contributed by atoms with van der Waals surface area (Å²) in [7, 11) is 0. The Morgan fingerprint density at radius 1 is 1.17 bits per heavy atom. The van der Waals surface area contributed by atoms with Crippen molar-refractivity contribution < 1.29 is 0 Å². The van der Waals surface area contributed by atoms with Crippen LogP contribution in [-0.4, -0.2) is 32.5 Å². The van der Waals surface area contributed by atoms with Crippen LogP contribution in [0.2, 0.25) is 0 Å². The maximum Gasteiger partial charge on any atom is 0.110 e. The number of unbranched alkanes of at least 4 members (excludes halogenated alkanes) is 2. The lowest BCUT2D eigenvalue weighted by molar-refractivity contribution is 0.707. The minimum Gasteiger partial charge on any atom is -0.385 e. The van der Waals surface area contributed by atoms with E-state index in [0.29, 0.717) is 0 Å². The molecule has 0 saturated carbocycles. The van der Waals surface area contributed by atoms with E-state index in [2.05, 4.69) is 39.5 Å². The van der Waals surface area contributed by atoms with Crippen LogP contribution >= 0.6 is 0 Å². The number of nitrogens with two attached hydrogens (primary N) is 1. The van der Waals surface area contributed by atoms with Gasteiger partial charge in [-0.1, -0.05) is 6.42 Å². The van der Waals surface area contributed by atoms with Gasteiger partial charge in [-0.2, -0.15) is 0 Å². The molecule has 98 valence electrons. The average molecular weight is 246 g/mol. The number of aliphatic imine (C=N–C) groups is 1. The number of benzene rings is 1. The predicted octanol–water partition coefficient (Wildman–Crippen LogP) is 2.08. The average Bonchev–Trinajstić information content (AvgIpc) is 2.93. The van der Waals surface area contributed by atoms with Gasteiger partial charge in [-0.05, 0) is 43.7 Å². The Hall–Kier alpha value is -1.55. The van der Waals surface area contributed by atoms with Gasteiger partial charge in [-0.3, -0.25) is 4.99 Å². The third kappa shape index (κ3) is 3.74. The maximum absolute atomic E-state index is 5.46. The Labute approximate surface area is 109 Å². The monoisotopic (exact) mass is 246 g/mol. The molecule has 4 heteroatoms. The zero-order valence-corrected chi connectivity index (χ0v) is 10.8. The largest absolute Gasteiger partial charge is 0.385 e. The number of hydrogen-bond acceptors (Lipinski definition) is 4. The Kier molecular flexibility index (Phi) is 5.02. The Balaban J connectivity index is 1.73. The van der Waals surface area contributed by atoms with Crippen LogP contribution in [0.25, 0.3) is 0 Å². The fraction of sp³-hybridized carbons (Fsp3) is 0.500. The van der Waals surface area contributed by atoms with Gasteiger partial charge in [-0.15, -0.1) is 0 Å². The molecule has 0 atom stereocenters. The zero-order valence-electron chi connectivity index (χ0n) is 10.8. The molecule has 3 N–H and O–H groups in total. The Morgan fingerprint density at radius 3 is 2.67 bits per heavy atom. The molecule has 1 aromatic rings. The summed E-state index contributed by atoms with van der Waals surface area (Å²) in [5.41, 5.74) is 7.89. The van der Waals surface area contributed by atoms with Gasteiger partial charge in [0, 0.05) is 24.1 Å². The summed E-state index contributed by atoms with van der Waals surface area (Å²) in [6.07, 6.45) is 5.46. The number of nitrogens with one attached hydrogen (secondary N) is 1. The number of hydrogen-bond donors (Lipinski definition) is 2. The van der Waals surface area contributed by atoms with Crippen molar-refractivity contribution in [2.75, 3.05) is 36.5 Å². The number of anilines is 2. The maximum atomic E-state index is 5.46. The summed E-state index contributed by atoms with van der Waals surface area (Å²) in [5, 5.41) is 3.43. The molecule has 1 aromatic carbocycles. The molecule has 0 fully saturated rings. The second-order valence-corrected chi connectivity index (χ2v) is 4.55. The van der Waals surface area contributed by atoms with Crippen LogP contribution in [0.15, 0.2) is 29.3 Å². The SMILES string of the molecule is NCCCCCNc1ccc(N2CC=NC2)cc1. The topological polar surface area (TPSA) is 53.6 Å². The van der Waals surface area contributed by atoms with Crippen molar-refractivity contribution in [3.8, 4) is 0 Å². The van der Waals surface area contributed by atoms with Crippen molar-refractivity contribution >= 4 is 17.6 Å². The normalized spacial score (nSPS) is 14.2. The molecular formula is C14H22N4. The van der Waals surface area contributed by atoms with Crippen LogP contribution in [-0.2, 0) is 0 Å². The minimum atomic E-state index is 0.784. The van der Waals surface area contributed by atoms with E-state index in [1.165, 1.54) is 24.2 Å². The van der Waals surface area contributed by atoms with Gasteiger partial charge in [0.15, 0.2) is 0 Å². The molecular weight excluding hydrogens is 224 g/mol. The third-order valence-electron chi connectivity index (χ3n) is 3.13. The molecule has 0 amide bonds. The van der Waals surface area contributed by atoms with Gasteiger partial charge in [0.1, 0.15) is 6.67 Å². The Bertz CT molecular complexity index is 364. The van der Waals surface area contributed by atoms with E-state index in [4.69, 9.17) is 5.73 Å². The molecule has 2 rings (SSSR count). The third-order valence-corrected chi connectivity index (χ3v) is 3.13. The summed E-state index contributed by atoms with van der Waals surface area (Å²) in [4.78, 5) is 6.46. The zero-order chi connectivity index (χ0) is 12.6. The van der Waals surface area contributed by atoms with Gasteiger partial charge in [0.25, 0.3) is 0 Å². The van der Waals surface area contributed by atoms with Gasteiger partial charge in [0.05, 0.1) is 6.54 Å². The molecule has 1 aliphatic rings. The van der Waals surface area contributed by atoms with Gasteiger partial charge >= 0.3 is 0 Å². The highest BCUT2D eigenvalue weighted by Crippen LogP contribution is 2.18. The molecule has 0 bridgehead atoms. The molecule has 0 radical (unpaired) electrons. The highest BCUT2D eigenvalue weighted by Gasteiger charge is 2.07. The van der Waals surface area contributed by atoms with Crippen LogP contribution in [0.5, 0.6) is 0 Å². The fourth-order valence-corrected chi connectivity index (χ4v) is 2.03. The van der Waals surface area contributed by atoms with Crippen molar-refractivity contribution in [3.05, 3.63) is 24.3 Å². The van der Waals surface area contributed by atoms with Crippen LogP contribution < -0.4 is 16.0 Å². The summed E-state index contributed by atoms with van der Waals surface area (Å²) < 4.78 is 0. The molecule has 0 spiro atoms. The van der Waals surface area contributed by atoms with Crippen LogP contribution in [0.1, 0.15) is 19.3 Å². The standard InChI is InChI=1S/C14H22N4/c15-8-2-1-3-9-17-13-4-6-14(7-5-13)18-11-10-16-12-18/h4-7,10,17H,1-3,8-9,11-12,15H2. The summed E-state index contributed by atoms with van der Waals surface area (Å²) in [6.45, 7) is 3.52. The van der Waals surface area contributed by atoms with Gasteiger partial charge in [0.2, 0.25) is 0 Å². The highest BCUT2D eigenvalue weighted by molar-refractivity contribution is 5.70. The number of rotatable bonds is 7. The van der Waals surface area contributed by atoms with Crippen LogP contribution in [0, 0.1) is 0 Å². The van der Waals surface area contributed by atoms with Gasteiger partial charge < -0.3 is 16.0 Å². The second kappa shape index (κ2) is 7.01. The number of nitrogens with zero attached hydrogens (tertiary/aromatic N) is 2. The Morgan fingerprint density at radius 2 is 2.00 bits per heavy atom. The first-order chi connectivity index (χ1) is 8.90. The first-order valence-corrected chi connectivity index (χ1v) is 6.67. The van der Waals surface area contributed by atoms with E-state index in [-0.39, 0.29) is 0 Å². The van der Waals surface area contributed by atoms with E-state index < -0.39 is 0 Å². The molecule has 1 aliphatic heterocycles. The van der Waals surface area contributed by atoms with Crippen molar-refractivity contribution in [3.63, 3.8) is 0 Å². The fourth-order valence-electron chi connectivity index (χ4n) is 2.03. The van der Waals surface area contributed by atoms with E-state index in [9.17, 15) is 0 Å². The molecule has 0 aliphatic carbocycles. The second-order valence-electron chi connectivity index (χ2n) is 4.55. The summed E-state index contributed by atoms with van der Waals surface area (Å²) >= 11 is 0. The summed E-state index contributed by atoms with van der Waals surface area (Å²) in [5.74, 6) is 0. The molecule has 4 nitrogen and oxygen atoms in total. The lowest BCUT2D eigenvalue weighted by Crippen LogP contribution is -2.19. The van der Waals surface area contributed by atoms with E-state index in [1.54, 1.807) is 0 Å². The lowest BCUT2D eigenvalue weighted by Gasteiger charge is -2.16. The molecule has 1 heterocycles. The van der Waals surface area contributed by atoms with Gasteiger partial charge in [-0.25, -0.2) is 0 Å². The quantitative estimate of drug-likeness (QED) is 0.724. The van der Waals surface area contributed by atoms with Crippen molar-refractivity contribution in [1.82, 2.24) is 0 Å². The minimum absolute atomic E-state index is 0.784. The van der Waals surface area contributed by atoms with E-state index >= 15 is 0 Å². The highest BCUT2D eigenvalue weighted by atomic mass is 15.2. The molecule has 18 heavy (non-hydrogen) atoms. The van der Waals surface area contributed by atoms with Crippen LogP contribution in [0.4, 0.5) is 11.4 Å². The van der Waals surface area contributed by atoms with E-state index in [1.807, 2.05) is 6.21 Å². The van der Waals surface area contributed by atoms with Crippen molar-refractivity contribution in [2.24, 2.45) is 10.7 Å². The van der Waals surface area contributed by atoms with E-state index in [0.717, 1.165) is 32.7 Å². The smallest absolute Gasteiger partial charge is 0.110 e. The molecule has 0 aromatic heterocycles. The first kappa shape index (κ1) is 12.9. The van der Waals surface area contributed by atoms with Crippen molar-refractivity contribution in [1.29, 1.82) is 0 Å². The predicted molar refractivity (Wildman–Crippen MR) is 78.5 cm³/mol. The first-order valence-electron chi connectivity index (χ1n) is 6.67.